The van der Waals surface area contributed by atoms with Crippen LogP contribution >= 0.6 is 0 Å². The fraction of sp³-hybridized carbons (Fsp3) is 0.200. The lowest BCUT2D eigenvalue weighted by atomic mass is 10.1. The minimum Gasteiger partial charge on any atom is -0.380 e. The number of aromatic nitrogens is 2. The molecule has 1 aromatic heterocycles. The maximum absolute atomic E-state index is 13.8. The maximum atomic E-state index is 13.8. The summed E-state index contributed by atoms with van der Waals surface area (Å²) in [5.41, 5.74) is 1.62. The Balaban J connectivity index is 2.00. The normalized spacial score (nSPS) is 10.9. The predicted molar refractivity (Wildman–Crippen MR) is 99.1 cm³/mol. The number of nitrogens with one attached hydrogen (secondary N) is 1. The first-order valence-electron chi connectivity index (χ1n) is 8.43. The highest BCUT2D eigenvalue weighted by Crippen LogP contribution is 2.22. The van der Waals surface area contributed by atoms with Crippen molar-refractivity contribution in [3.8, 4) is 0 Å². The molecule has 0 spiro atoms. The predicted octanol–water partition coefficient (Wildman–Crippen LogP) is 3.91. The monoisotopic (exact) mass is 389 g/mol. The minimum absolute atomic E-state index is 0.0498. The number of aryl methyl sites for hydroxylation is 1. The highest BCUT2D eigenvalue weighted by molar-refractivity contribution is 5.59. The molecule has 0 bridgehead atoms. The molecule has 0 saturated carbocycles. The number of benzene rings is 2. The number of hydrogen-bond acceptors (Lipinski definition) is 4. The van der Waals surface area contributed by atoms with Crippen LogP contribution in [0.3, 0.4) is 0 Å². The molecule has 5 nitrogen and oxygen atoms in total. The van der Waals surface area contributed by atoms with Gasteiger partial charge in [-0.3, -0.25) is 4.79 Å². The molecule has 28 heavy (non-hydrogen) atoms. The molecule has 1 N–H and O–H groups in total. The van der Waals surface area contributed by atoms with Gasteiger partial charge in [0.05, 0.1) is 13.2 Å². The zero-order valence-corrected chi connectivity index (χ0v) is 15.3. The van der Waals surface area contributed by atoms with Gasteiger partial charge in [-0.2, -0.15) is 9.37 Å². The Labute approximate surface area is 159 Å². The Morgan fingerprint density at radius 2 is 1.79 bits per heavy atom. The zero-order valence-electron chi connectivity index (χ0n) is 15.3. The third-order valence-electron chi connectivity index (χ3n) is 4.09. The van der Waals surface area contributed by atoms with E-state index < -0.39 is 23.0 Å². The van der Waals surface area contributed by atoms with Gasteiger partial charge in [-0.25, -0.2) is 8.78 Å². The van der Waals surface area contributed by atoms with Gasteiger partial charge in [0.2, 0.25) is 11.8 Å². The summed E-state index contributed by atoms with van der Waals surface area (Å²) in [6, 6.07) is 8.59. The molecule has 0 aliphatic rings. The van der Waals surface area contributed by atoms with E-state index in [4.69, 9.17) is 4.74 Å². The van der Waals surface area contributed by atoms with Gasteiger partial charge in [-0.15, -0.1) is 0 Å². The molecule has 0 amide bonds. The molecule has 0 saturated heterocycles. The van der Waals surface area contributed by atoms with Crippen LogP contribution in [0.25, 0.3) is 0 Å². The van der Waals surface area contributed by atoms with Gasteiger partial charge < -0.3 is 14.6 Å². The Morgan fingerprint density at radius 3 is 2.46 bits per heavy atom. The molecule has 3 aromatic rings. The van der Waals surface area contributed by atoms with E-state index in [1.165, 1.54) is 4.57 Å². The molecule has 0 radical (unpaired) electrons. The number of methoxy groups -OCH3 is 1. The molecule has 3 rings (SSSR count). The molecule has 8 heteroatoms. The van der Waals surface area contributed by atoms with Crippen LogP contribution in [0, 0.1) is 24.4 Å². The fourth-order valence-corrected chi connectivity index (χ4v) is 2.77. The Morgan fingerprint density at radius 1 is 1.07 bits per heavy atom. The van der Waals surface area contributed by atoms with Gasteiger partial charge in [-0.1, -0.05) is 12.1 Å². The van der Waals surface area contributed by atoms with Crippen LogP contribution in [0.2, 0.25) is 0 Å². The number of nitrogens with zero attached hydrogens (tertiary/aromatic N) is 2. The first kappa shape index (κ1) is 19.6. The molecular weight excluding hydrogens is 371 g/mol. The summed E-state index contributed by atoms with van der Waals surface area (Å²) < 4.78 is 47.2. The Bertz CT molecular complexity index is 1050. The van der Waals surface area contributed by atoms with Gasteiger partial charge in [0.1, 0.15) is 11.6 Å². The van der Waals surface area contributed by atoms with Gasteiger partial charge in [0.15, 0.2) is 0 Å². The summed E-state index contributed by atoms with van der Waals surface area (Å²) in [6.45, 7) is 2.16. The molecular formula is C20H18F3N3O2. The zero-order chi connectivity index (χ0) is 20.3. The lowest BCUT2D eigenvalue weighted by molar-refractivity contribution is 0.185. The van der Waals surface area contributed by atoms with Crippen LogP contribution < -0.4 is 10.9 Å². The van der Waals surface area contributed by atoms with Crippen LogP contribution in [-0.2, 0) is 17.9 Å². The summed E-state index contributed by atoms with van der Waals surface area (Å²) in [5.74, 6) is -2.51. The van der Waals surface area contributed by atoms with E-state index in [2.05, 4.69) is 10.3 Å². The van der Waals surface area contributed by atoms with Crippen molar-refractivity contribution in [3.05, 3.63) is 87.1 Å². The highest BCUT2D eigenvalue weighted by atomic mass is 19.1. The van der Waals surface area contributed by atoms with Gasteiger partial charge in [-0.05, 0) is 41.8 Å². The van der Waals surface area contributed by atoms with Crippen molar-refractivity contribution in [2.24, 2.45) is 0 Å². The molecule has 2 aromatic carbocycles. The second-order valence-corrected chi connectivity index (χ2v) is 6.33. The van der Waals surface area contributed by atoms with Crippen molar-refractivity contribution in [2.45, 2.75) is 20.1 Å². The molecule has 0 unspecified atom stereocenters. The average molecular weight is 389 g/mol. The van der Waals surface area contributed by atoms with Crippen molar-refractivity contribution >= 4 is 11.6 Å². The van der Waals surface area contributed by atoms with E-state index in [0.29, 0.717) is 12.3 Å². The largest absolute Gasteiger partial charge is 0.380 e. The third-order valence-corrected chi connectivity index (χ3v) is 4.09. The smallest absolute Gasteiger partial charge is 0.310 e. The van der Waals surface area contributed by atoms with Crippen LogP contribution in [0.15, 0.2) is 47.4 Å². The van der Waals surface area contributed by atoms with E-state index >= 15 is 0 Å². The molecule has 146 valence electrons. The lowest BCUT2D eigenvalue weighted by Crippen LogP contribution is -2.20. The van der Waals surface area contributed by atoms with E-state index in [-0.39, 0.29) is 18.1 Å². The van der Waals surface area contributed by atoms with Crippen molar-refractivity contribution in [1.82, 2.24) is 9.55 Å². The number of halogens is 3. The first-order valence-corrected chi connectivity index (χ1v) is 8.43. The van der Waals surface area contributed by atoms with Gasteiger partial charge in [0, 0.05) is 25.1 Å². The lowest BCUT2D eigenvalue weighted by Gasteiger charge is -2.16. The maximum Gasteiger partial charge on any atom is 0.310 e. The van der Waals surface area contributed by atoms with Gasteiger partial charge in [0.25, 0.3) is 0 Å². The van der Waals surface area contributed by atoms with E-state index in [1.54, 1.807) is 7.11 Å². The van der Waals surface area contributed by atoms with Crippen LogP contribution in [0.1, 0.15) is 16.7 Å². The van der Waals surface area contributed by atoms with Crippen molar-refractivity contribution in [1.29, 1.82) is 0 Å². The number of anilines is 2. The van der Waals surface area contributed by atoms with E-state index in [0.717, 1.165) is 35.5 Å². The molecule has 0 fully saturated rings. The number of ether oxygens (including phenoxy) is 1. The van der Waals surface area contributed by atoms with Crippen LogP contribution in [0.5, 0.6) is 0 Å². The molecule has 1 heterocycles. The Hall–Kier alpha value is -3.13. The molecule has 0 aliphatic heterocycles. The van der Waals surface area contributed by atoms with Crippen LogP contribution in [-0.4, -0.2) is 16.7 Å². The van der Waals surface area contributed by atoms with Crippen LogP contribution in [0.4, 0.5) is 24.8 Å². The summed E-state index contributed by atoms with van der Waals surface area (Å²) >= 11 is 0. The topological polar surface area (TPSA) is 56.1 Å². The van der Waals surface area contributed by atoms with Crippen molar-refractivity contribution < 1.29 is 17.9 Å². The third kappa shape index (κ3) is 4.58. The first-order chi connectivity index (χ1) is 13.4. The Kier molecular flexibility index (Phi) is 5.79. The number of hydrogen-bond donors (Lipinski definition) is 1. The van der Waals surface area contributed by atoms with Crippen molar-refractivity contribution in [3.63, 3.8) is 0 Å². The van der Waals surface area contributed by atoms with E-state index in [9.17, 15) is 18.0 Å². The van der Waals surface area contributed by atoms with Gasteiger partial charge >= 0.3 is 5.56 Å². The summed E-state index contributed by atoms with van der Waals surface area (Å²) in [6.07, 6.45) is 0.953. The second kappa shape index (κ2) is 8.26. The minimum atomic E-state index is -1.06. The number of rotatable bonds is 6. The standard InChI is InChI=1S/C20H18F3N3O2/c1-12-3-4-13(11-28-2)7-18(12)24-20-25-19(27)17(23)10-26(20)9-14-5-15(21)8-16(22)6-14/h3-8,10H,9,11H2,1-2H3,(H,24,25,27). The quantitative estimate of drug-likeness (QED) is 0.695. The highest BCUT2D eigenvalue weighted by Gasteiger charge is 2.12. The SMILES string of the molecule is COCc1ccc(C)c(Nc2nc(=O)c(F)cn2Cc2cc(F)cc(F)c2)c1. The molecule has 0 atom stereocenters. The fourth-order valence-electron chi connectivity index (χ4n) is 2.77. The average Bonchev–Trinajstić information content (AvgIpc) is 2.61. The second-order valence-electron chi connectivity index (χ2n) is 6.33. The summed E-state index contributed by atoms with van der Waals surface area (Å²) in [7, 11) is 1.57. The summed E-state index contributed by atoms with van der Waals surface area (Å²) in [4.78, 5) is 15.4. The molecule has 0 aliphatic carbocycles. The summed E-state index contributed by atoms with van der Waals surface area (Å²) in [5, 5.41) is 3.00. The van der Waals surface area contributed by atoms with Crippen molar-refractivity contribution in [2.75, 3.05) is 12.4 Å². The van der Waals surface area contributed by atoms with E-state index in [1.807, 2.05) is 25.1 Å².